The van der Waals surface area contributed by atoms with Crippen LogP contribution in [-0.4, -0.2) is 29.6 Å². The van der Waals surface area contributed by atoms with Crippen molar-refractivity contribution in [3.63, 3.8) is 0 Å². The van der Waals surface area contributed by atoms with E-state index >= 15 is 0 Å². The lowest BCUT2D eigenvalue weighted by Crippen LogP contribution is -2.55. The van der Waals surface area contributed by atoms with Crippen molar-refractivity contribution in [1.29, 1.82) is 0 Å². The van der Waals surface area contributed by atoms with Gasteiger partial charge in [-0.1, -0.05) is 24.3 Å². The van der Waals surface area contributed by atoms with Crippen LogP contribution in [0.2, 0.25) is 0 Å². The van der Waals surface area contributed by atoms with E-state index < -0.39 is 11.5 Å². The van der Waals surface area contributed by atoms with Crippen molar-refractivity contribution >= 4 is 11.9 Å². The van der Waals surface area contributed by atoms with Crippen LogP contribution in [0.1, 0.15) is 36.8 Å². The second-order valence-corrected chi connectivity index (χ2v) is 5.68. The zero-order valence-electron chi connectivity index (χ0n) is 12.2. The fourth-order valence-corrected chi connectivity index (χ4v) is 2.76. The number of carbonyl (C=O) groups excluding carboxylic acids is 1. The fraction of sp³-hybridized carbons (Fsp3) is 0.500. The molecule has 0 atom stereocenters. The van der Waals surface area contributed by atoms with E-state index in [0.29, 0.717) is 6.61 Å². The third-order valence-corrected chi connectivity index (χ3v) is 3.87. The maximum absolute atomic E-state index is 12.1. The summed E-state index contributed by atoms with van der Waals surface area (Å²) < 4.78 is 5.07. The predicted octanol–water partition coefficient (Wildman–Crippen LogP) is 1.89. The van der Waals surface area contributed by atoms with Gasteiger partial charge < -0.3 is 15.2 Å². The van der Waals surface area contributed by atoms with Crippen molar-refractivity contribution in [3.05, 3.63) is 35.4 Å². The molecule has 21 heavy (non-hydrogen) atoms. The van der Waals surface area contributed by atoms with Crippen LogP contribution in [0.25, 0.3) is 0 Å². The average molecular weight is 291 g/mol. The molecule has 0 unspecified atom stereocenters. The number of benzene rings is 1. The zero-order chi connectivity index (χ0) is 15.3. The van der Waals surface area contributed by atoms with Gasteiger partial charge >= 0.3 is 5.97 Å². The van der Waals surface area contributed by atoms with Crippen LogP contribution in [-0.2, 0) is 27.4 Å². The van der Waals surface area contributed by atoms with Gasteiger partial charge in [-0.05, 0) is 30.4 Å². The summed E-state index contributed by atoms with van der Waals surface area (Å²) in [7, 11) is 1.63. The molecule has 0 spiro atoms. The number of ether oxygens (including phenoxy) is 1. The molecule has 1 amide bonds. The van der Waals surface area contributed by atoms with Gasteiger partial charge in [-0.2, -0.15) is 0 Å². The monoisotopic (exact) mass is 291 g/mol. The maximum Gasteiger partial charge on any atom is 0.305 e. The normalized spacial score (nSPS) is 16.0. The van der Waals surface area contributed by atoms with E-state index in [1.54, 1.807) is 7.11 Å². The third-order valence-electron chi connectivity index (χ3n) is 3.87. The summed E-state index contributed by atoms with van der Waals surface area (Å²) in [5, 5.41) is 11.9. The maximum atomic E-state index is 12.1. The molecule has 2 N–H and O–H groups in total. The number of carboxylic acids is 1. The molecule has 1 fully saturated rings. The first-order chi connectivity index (χ1) is 10.0. The Morgan fingerprint density at radius 2 is 2.05 bits per heavy atom. The number of rotatable bonds is 7. The zero-order valence-corrected chi connectivity index (χ0v) is 12.2. The minimum Gasteiger partial charge on any atom is -0.481 e. The van der Waals surface area contributed by atoms with Gasteiger partial charge in [0.25, 0.3) is 0 Å². The highest BCUT2D eigenvalue weighted by Gasteiger charge is 2.40. The lowest BCUT2D eigenvalue weighted by atomic mass is 9.74. The number of carboxylic acid groups (broad SMARTS) is 1. The van der Waals surface area contributed by atoms with E-state index in [1.807, 2.05) is 24.3 Å². The third kappa shape index (κ3) is 4.29. The summed E-state index contributed by atoms with van der Waals surface area (Å²) >= 11 is 0. The van der Waals surface area contributed by atoms with Gasteiger partial charge in [0.2, 0.25) is 5.91 Å². The standard InChI is InChI=1S/C16H21NO4/c1-21-11-13-5-2-4-12(8-13)9-14(18)17-16(6-3-7-16)10-15(19)20/h2,4-5,8H,3,6-7,9-11H2,1H3,(H,17,18)(H,19,20). The Morgan fingerprint density at radius 1 is 1.33 bits per heavy atom. The van der Waals surface area contributed by atoms with Gasteiger partial charge in [-0.15, -0.1) is 0 Å². The highest BCUT2D eigenvalue weighted by Crippen LogP contribution is 2.34. The van der Waals surface area contributed by atoms with E-state index in [1.165, 1.54) is 0 Å². The van der Waals surface area contributed by atoms with Gasteiger partial charge in [0, 0.05) is 7.11 Å². The Balaban J connectivity index is 1.95. The number of carbonyl (C=O) groups is 2. The number of hydrogen-bond donors (Lipinski definition) is 2. The lowest BCUT2D eigenvalue weighted by Gasteiger charge is -2.41. The molecule has 0 bridgehead atoms. The summed E-state index contributed by atoms with van der Waals surface area (Å²) in [5.74, 6) is -0.984. The molecule has 0 heterocycles. The van der Waals surface area contributed by atoms with Gasteiger partial charge in [0.15, 0.2) is 0 Å². The molecule has 5 nitrogen and oxygen atoms in total. The SMILES string of the molecule is COCc1cccc(CC(=O)NC2(CC(=O)O)CCC2)c1. The second kappa shape index (κ2) is 6.72. The summed E-state index contributed by atoms with van der Waals surface area (Å²) in [4.78, 5) is 23.0. The Bertz CT molecular complexity index is 523. The van der Waals surface area contributed by atoms with Gasteiger partial charge in [-0.25, -0.2) is 0 Å². The van der Waals surface area contributed by atoms with Crippen LogP contribution in [0.15, 0.2) is 24.3 Å². The molecular weight excluding hydrogens is 270 g/mol. The lowest BCUT2D eigenvalue weighted by molar-refractivity contribution is -0.140. The highest BCUT2D eigenvalue weighted by atomic mass is 16.5. The topological polar surface area (TPSA) is 75.6 Å². The van der Waals surface area contributed by atoms with E-state index in [0.717, 1.165) is 30.4 Å². The van der Waals surface area contributed by atoms with Gasteiger partial charge in [-0.3, -0.25) is 9.59 Å². The van der Waals surface area contributed by atoms with Crippen LogP contribution in [0.3, 0.4) is 0 Å². The van der Waals surface area contributed by atoms with Crippen LogP contribution in [0.4, 0.5) is 0 Å². The van der Waals surface area contributed by atoms with Crippen molar-refractivity contribution in [3.8, 4) is 0 Å². The molecule has 0 aliphatic heterocycles. The van der Waals surface area contributed by atoms with E-state index in [2.05, 4.69) is 5.32 Å². The summed E-state index contributed by atoms with van der Waals surface area (Å²) in [5.41, 5.74) is 1.39. The van der Waals surface area contributed by atoms with Crippen molar-refractivity contribution in [2.24, 2.45) is 0 Å². The van der Waals surface area contributed by atoms with E-state index in [4.69, 9.17) is 9.84 Å². The van der Waals surface area contributed by atoms with Gasteiger partial charge in [0.1, 0.15) is 0 Å². The minimum atomic E-state index is -0.864. The summed E-state index contributed by atoms with van der Waals surface area (Å²) in [6.07, 6.45) is 2.72. The average Bonchev–Trinajstić information content (AvgIpc) is 2.36. The fourth-order valence-electron chi connectivity index (χ4n) is 2.76. The van der Waals surface area contributed by atoms with Crippen molar-refractivity contribution < 1.29 is 19.4 Å². The van der Waals surface area contributed by atoms with Gasteiger partial charge in [0.05, 0.1) is 25.0 Å². The molecule has 0 saturated heterocycles. The summed E-state index contributed by atoms with van der Waals surface area (Å²) in [6.45, 7) is 0.512. The van der Waals surface area contributed by atoms with Crippen LogP contribution in [0.5, 0.6) is 0 Å². The van der Waals surface area contributed by atoms with Crippen LogP contribution >= 0.6 is 0 Å². The Morgan fingerprint density at radius 3 is 2.62 bits per heavy atom. The molecule has 1 aliphatic rings. The highest BCUT2D eigenvalue weighted by molar-refractivity contribution is 5.80. The quantitative estimate of drug-likeness (QED) is 0.804. The molecule has 1 aromatic carbocycles. The molecule has 0 radical (unpaired) electrons. The molecule has 2 rings (SSSR count). The van der Waals surface area contributed by atoms with Crippen LogP contribution in [0, 0.1) is 0 Å². The first-order valence-electron chi connectivity index (χ1n) is 7.13. The number of aliphatic carboxylic acids is 1. The largest absolute Gasteiger partial charge is 0.481 e. The van der Waals surface area contributed by atoms with Crippen molar-refractivity contribution in [1.82, 2.24) is 5.32 Å². The molecule has 114 valence electrons. The second-order valence-electron chi connectivity index (χ2n) is 5.68. The van der Waals surface area contributed by atoms with E-state index in [-0.39, 0.29) is 18.7 Å². The Labute approximate surface area is 124 Å². The molecule has 1 saturated carbocycles. The van der Waals surface area contributed by atoms with Crippen LogP contribution < -0.4 is 5.32 Å². The Hall–Kier alpha value is -1.88. The molecule has 1 aromatic rings. The molecular formula is C16H21NO4. The van der Waals surface area contributed by atoms with Crippen molar-refractivity contribution in [2.75, 3.05) is 7.11 Å². The molecule has 5 heteroatoms. The molecule has 0 aromatic heterocycles. The van der Waals surface area contributed by atoms with E-state index in [9.17, 15) is 9.59 Å². The smallest absolute Gasteiger partial charge is 0.305 e. The summed E-state index contributed by atoms with van der Waals surface area (Å²) in [6, 6.07) is 7.67. The first kappa shape index (κ1) is 15.5. The number of amides is 1. The first-order valence-corrected chi connectivity index (χ1v) is 7.13. The number of hydrogen-bond acceptors (Lipinski definition) is 3. The minimum absolute atomic E-state index is 0.00243. The van der Waals surface area contributed by atoms with Crippen molar-refractivity contribution in [2.45, 2.75) is 44.2 Å². The number of methoxy groups -OCH3 is 1. The number of nitrogens with one attached hydrogen (secondary N) is 1. The Kier molecular flexibility index (Phi) is 4.96. The molecule has 1 aliphatic carbocycles. The predicted molar refractivity (Wildman–Crippen MR) is 77.8 cm³/mol.